The van der Waals surface area contributed by atoms with E-state index in [2.05, 4.69) is 32.6 Å². The van der Waals surface area contributed by atoms with Crippen LogP contribution in [0.25, 0.3) is 0 Å². The maximum atomic E-state index is 9.38. The van der Waals surface area contributed by atoms with Gasteiger partial charge in [0.05, 0.1) is 6.61 Å². The number of aliphatic hydroxyl groups is 1. The molecule has 0 aliphatic rings. The summed E-state index contributed by atoms with van der Waals surface area (Å²) in [7, 11) is 0. The minimum Gasteiger partial charge on any atom is -0.395 e. The van der Waals surface area contributed by atoms with E-state index in [0.717, 1.165) is 18.4 Å². The molecule has 0 aliphatic carbocycles. The lowest BCUT2D eigenvalue weighted by Gasteiger charge is -2.22. The van der Waals surface area contributed by atoms with Gasteiger partial charge in [0.15, 0.2) is 0 Å². The van der Waals surface area contributed by atoms with Crippen LogP contribution in [0.5, 0.6) is 0 Å². The van der Waals surface area contributed by atoms with Gasteiger partial charge in [0.1, 0.15) is 0 Å². The summed E-state index contributed by atoms with van der Waals surface area (Å²) < 4.78 is 0. The summed E-state index contributed by atoms with van der Waals surface area (Å²) in [5.74, 6) is 0. The van der Waals surface area contributed by atoms with E-state index in [0.29, 0.717) is 0 Å². The van der Waals surface area contributed by atoms with Crippen molar-refractivity contribution in [1.29, 1.82) is 0 Å². The van der Waals surface area contributed by atoms with E-state index in [9.17, 15) is 5.11 Å². The molecule has 1 N–H and O–H groups in total. The van der Waals surface area contributed by atoms with Crippen LogP contribution in [0.2, 0.25) is 0 Å². The van der Waals surface area contributed by atoms with Crippen molar-refractivity contribution in [2.45, 2.75) is 33.6 Å². The summed E-state index contributed by atoms with van der Waals surface area (Å²) in [6.07, 6.45) is 10.1. The minimum atomic E-state index is -0.199. The highest BCUT2D eigenvalue weighted by molar-refractivity contribution is 5.19. The van der Waals surface area contributed by atoms with Gasteiger partial charge in [-0.1, -0.05) is 50.3 Å². The predicted octanol–water partition coefficient (Wildman–Crippen LogP) is 3.47. The molecule has 0 rings (SSSR count). The molecule has 1 heteroatoms. The minimum absolute atomic E-state index is 0.157. The van der Waals surface area contributed by atoms with Crippen LogP contribution in [-0.4, -0.2) is 11.7 Å². The van der Waals surface area contributed by atoms with Crippen LogP contribution >= 0.6 is 0 Å². The maximum Gasteiger partial charge on any atom is 0.0556 e. The number of aliphatic hydroxyl groups excluding tert-OH is 1. The van der Waals surface area contributed by atoms with Gasteiger partial charge in [-0.3, -0.25) is 0 Å². The summed E-state index contributed by atoms with van der Waals surface area (Å²) in [5, 5.41) is 9.38. The van der Waals surface area contributed by atoms with Crippen molar-refractivity contribution >= 4 is 0 Å². The van der Waals surface area contributed by atoms with Gasteiger partial charge in [-0.25, -0.2) is 0 Å². The average Bonchev–Trinajstić information content (AvgIpc) is 2.19. The normalized spacial score (nSPS) is 16.3. The van der Waals surface area contributed by atoms with Crippen LogP contribution in [0.3, 0.4) is 0 Å². The molecule has 0 aliphatic heterocycles. The van der Waals surface area contributed by atoms with E-state index in [1.807, 2.05) is 19.1 Å². The van der Waals surface area contributed by atoms with Crippen LogP contribution in [0.15, 0.2) is 36.5 Å². The fourth-order valence-electron chi connectivity index (χ4n) is 1.17. The highest BCUT2D eigenvalue weighted by Gasteiger charge is 2.19. The molecule has 14 heavy (non-hydrogen) atoms. The lowest BCUT2D eigenvalue weighted by Crippen LogP contribution is -2.18. The molecule has 0 aromatic carbocycles. The quantitative estimate of drug-likeness (QED) is 0.507. The van der Waals surface area contributed by atoms with Gasteiger partial charge in [-0.15, -0.1) is 0 Å². The molecule has 1 atom stereocenters. The molecule has 0 amide bonds. The lowest BCUT2D eigenvalue weighted by atomic mass is 9.84. The Bertz CT molecular complexity index is 219. The van der Waals surface area contributed by atoms with Gasteiger partial charge in [0, 0.05) is 5.41 Å². The van der Waals surface area contributed by atoms with E-state index in [4.69, 9.17) is 0 Å². The number of rotatable bonds is 6. The van der Waals surface area contributed by atoms with Crippen molar-refractivity contribution in [2.24, 2.45) is 5.41 Å². The van der Waals surface area contributed by atoms with Crippen LogP contribution < -0.4 is 0 Å². The SMILES string of the molecule is C=C(C)C=CC(C=CCC)(CC)CO. The summed E-state index contributed by atoms with van der Waals surface area (Å²) in [5.41, 5.74) is 0.816. The van der Waals surface area contributed by atoms with Crippen molar-refractivity contribution in [3.05, 3.63) is 36.5 Å². The third kappa shape index (κ3) is 4.43. The van der Waals surface area contributed by atoms with E-state index in [1.165, 1.54) is 0 Å². The van der Waals surface area contributed by atoms with Crippen LogP contribution in [0.4, 0.5) is 0 Å². The Balaban J connectivity index is 4.69. The van der Waals surface area contributed by atoms with Gasteiger partial charge >= 0.3 is 0 Å². The third-order valence-corrected chi connectivity index (χ3v) is 2.34. The number of hydrogen-bond donors (Lipinski definition) is 1. The molecule has 1 unspecified atom stereocenters. The Morgan fingerprint density at radius 1 is 1.36 bits per heavy atom. The highest BCUT2D eigenvalue weighted by atomic mass is 16.3. The topological polar surface area (TPSA) is 20.2 Å². The second-order valence-corrected chi connectivity index (χ2v) is 3.74. The Morgan fingerprint density at radius 3 is 2.36 bits per heavy atom. The first-order valence-electron chi connectivity index (χ1n) is 5.23. The number of hydrogen-bond acceptors (Lipinski definition) is 1. The molecule has 0 bridgehead atoms. The Hall–Kier alpha value is -0.820. The van der Waals surface area contributed by atoms with Crippen molar-refractivity contribution < 1.29 is 5.11 Å². The molecule has 0 aromatic heterocycles. The van der Waals surface area contributed by atoms with E-state index >= 15 is 0 Å². The van der Waals surface area contributed by atoms with Gasteiger partial charge in [0.25, 0.3) is 0 Å². The Labute approximate surface area is 87.8 Å². The molecule has 0 radical (unpaired) electrons. The monoisotopic (exact) mass is 194 g/mol. The molecule has 0 saturated carbocycles. The average molecular weight is 194 g/mol. The van der Waals surface area contributed by atoms with E-state index in [-0.39, 0.29) is 12.0 Å². The van der Waals surface area contributed by atoms with Crippen LogP contribution in [0.1, 0.15) is 33.6 Å². The second kappa shape index (κ2) is 6.61. The maximum absolute atomic E-state index is 9.38. The van der Waals surface area contributed by atoms with Gasteiger partial charge in [-0.05, 0) is 19.8 Å². The van der Waals surface area contributed by atoms with Gasteiger partial charge in [0.2, 0.25) is 0 Å². The van der Waals surface area contributed by atoms with Gasteiger partial charge < -0.3 is 5.11 Å². The van der Waals surface area contributed by atoms with Crippen molar-refractivity contribution in [3.8, 4) is 0 Å². The molecule has 1 nitrogen and oxygen atoms in total. The highest BCUT2D eigenvalue weighted by Crippen LogP contribution is 2.25. The van der Waals surface area contributed by atoms with E-state index in [1.54, 1.807) is 0 Å². The van der Waals surface area contributed by atoms with Crippen molar-refractivity contribution in [2.75, 3.05) is 6.61 Å². The largest absolute Gasteiger partial charge is 0.395 e. The third-order valence-electron chi connectivity index (χ3n) is 2.34. The zero-order valence-electron chi connectivity index (χ0n) is 9.59. The molecule has 0 fully saturated rings. The van der Waals surface area contributed by atoms with Crippen molar-refractivity contribution in [3.63, 3.8) is 0 Å². The zero-order chi connectivity index (χ0) is 11.0. The van der Waals surface area contributed by atoms with Crippen LogP contribution in [-0.2, 0) is 0 Å². The Morgan fingerprint density at radius 2 is 2.00 bits per heavy atom. The summed E-state index contributed by atoms with van der Waals surface area (Å²) in [6.45, 7) is 10.1. The fraction of sp³-hybridized carbons (Fsp3) is 0.538. The first-order valence-corrected chi connectivity index (χ1v) is 5.23. The number of allylic oxidation sites excluding steroid dienone is 3. The van der Waals surface area contributed by atoms with Gasteiger partial charge in [-0.2, -0.15) is 0 Å². The molecule has 0 heterocycles. The van der Waals surface area contributed by atoms with Crippen LogP contribution in [0, 0.1) is 5.41 Å². The molecular weight excluding hydrogens is 172 g/mol. The first kappa shape index (κ1) is 13.2. The molecule has 0 spiro atoms. The molecular formula is C13H22O. The lowest BCUT2D eigenvalue weighted by molar-refractivity contribution is 0.202. The van der Waals surface area contributed by atoms with Crippen molar-refractivity contribution in [1.82, 2.24) is 0 Å². The molecule has 0 aromatic rings. The summed E-state index contributed by atoms with van der Waals surface area (Å²) >= 11 is 0. The smallest absolute Gasteiger partial charge is 0.0556 e. The first-order chi connectivity index (χ1) is 6.60. The Kier molecular flexibility index (Phi) is 6.22. The zero-order valence-corrected chi connectivity index (χ0v) is 9.59. The fourth-order valence-corrected chi connectivity index (χ4v) is 1.17. The second-order valence-electron chi connectivity index (χ2n) is 3.74. The summed E-state index contributed by atoms with van der Waals surface area (Å²) in [6, 6.07) is 0. The molecule has 0 saturated heterocycles. The molecule has 80 valence electrons. The standard InChI is InChI=1S/C13H22O/c1-5-7-9-13(6-2,11-14)10-8-12(3)4/h7-10,14H,3,5-6,11H2,1-2,4H3. The van der Waals surface area contributed by atoms with E-state index < -0.39 is 0 Å². The predicted molar refractivity (Wildman–Crippen MR) is 63.2 cm³/mol. The summed E-state index contributed by atoms with van der Waals surface area (Å²) in [4.78, 5) is 0.